The number of nitro groups is 1. The number of benzene rings is 2. The van der Waals surface area contributed by atoms with Crippen molar-refractivity contribution in [3.8, 4) is 6.07 Å². The molecule has 3 aliphatic heterocycles. The Morgan fingerprint density at radius 1 is 1.09 bits per heavy atom. The summed E-state index contributed by atoms with van der Waals surface area (Å²) in [6.45, 7) is 1.89. The number of aryl methyl sites for hydroxylation is 1. The molecule has 2 fully saturated rings. The largest absolute Gasteiger partial charge is 0.359 e. The highest BCUT2D eigenvalue weighted by Gasteiger charge is 2.63. The highest BCUT2D eigenvalue weighted by Crippen LogP contribution is 2.47. The molecule has 168 valence electrons. The zero-order valence-electron chi connectivity index (χ0n) is 18.0. The maximum Gasteiger partial charge on any atom is 0.270 e. The standard InChI is InChI=1S/C25H18N4O5/c1-14-5-7-17(8-6-14)28-24(31)20-19-11-15(13-26)9-10-27(19)22(21(20)25(28)32)23(30)16-3-2-4-18(12-16)29(33)34/h2-12,19-22H,1H3/t19-,20+,21-,22+/m1/s1. The van der Waals surface area contributed by atoms with E-state index in [1.54, 1.807) is 41.4 Å². The van der Waals surface area contributed by atoms with Crippen LogP contribution >= 0.6 is 0 Å². The molecule has 0 radical (unpaired) electrons. The number of Topliss-reactive ketones (excluding diaryl/α,β-unsaturated/α-hetero) is 1. The van der Waals surface area contributed by atoms with Crippen LogP contribution in [0.3, 0.4) is 0 Å². The predicted molar refractivity (Wildman–Crippen MR) is 120 cm³/mol. The van der Waals surface area contributed by atoms with Gasteiger partial charge in [-0.1, -0.05) is 29.8 Å². The van der Waals surface area contributed by atoms with Gasteiger partial charge in [-0.2, -0.15) is 5.26 Å². The maximum atomic E-state index is 13.6. The van der Waals surface area contributed by atoms with Gasteiger partial charge in [-0.25, -0.2) is 4.90 Å². The number of carbonyl (C=O) groups is 3. The zero-order valence-corrected chi connectivity index (χ0v) is 18.0. The molecule has 0 bridgehead atoms. The molecule has 0 saturated carbocycles. The van der Waals surface area contributed by atoms with Crippen LogP contribution < -0.4 is 4.90 Å². The smallest absolute Gasteiger partial charge is 0.270 e. The summed E-state index contributed by atoms with van der Waals surface area (Å²) >= 11 is 0. The van der Waals surface area contributed by atoms with E-state index in [4.69, 9.17) is 0 Å². The fourth-order valence-electron chi connectivity index (χ4n) is 5.01. The summed E-state index contributed by atoms with van der Waals surface area (Å²) in [5, 5.41) is 20.6. The van der Waals surface area contributed by atoms with Gasteiger partial charge in [0.05, 0.1) is 40.1 Å². The van der Waals surface area contributed by atoms with E-state index < -0.39 is 46.4 Å². The van der Waals surface area contributed by atoms with Crippen LogP contribution in [0.1, 0.15) is 15.9 Å². The number of hydrogen-bond acceptors (Lipinski definition) is 7. The average molecular weight is 454 g/mol. The molecule has 0 N–H and O–H groups in total. The minimum Gasteiger partial charge on any atom is -0.359 e. The molecule has 0 aromatic heterocycles. The van der Waals surface area contributed by atoms with Crippen LogP contribution in [0.25, 0.3) is 0 Å². The Morgan fingerprint density at radius 3 is 2.47 bits per heavy atom. The first-order valence-electron chi connectivity index (χ1n) is 10.6. The molecule has 3 aliphatic rings. The molecule has 2 aromatic carbocycles. The topological polar surface area (TPSA) is 125 Å². The van der Waals surface area contributed by atoms with Crippen molar-refractivity contribution >= 4 is 29.0 Å². The second kappa shape index (κ2) is 7.78. The van der Waals surface area contributed by atoms with Crippen molar-refractivity contribution in [1.29, 1.82) is 5.26 Å². The first-order valence-corrected chi connectivity index (χ1v) is 10.6. The third-order valence-electron chi connectivity index (χ3n) is 6.58. The third kappa shape index (κ3) is 3.11. The molecule has 2 aromatic rings. The number of amides is 2. The number of carbonyl (C=O) groups excluding carboxylic acids is 3. The lowest BCUT2D eigenvalue weighted by molar-refractivity contribution is -0.384. The highest BCUT2D eigenvalue weighted by molar-refractivity contribution is 6.24. The summed E-state index contributed by atoms with van der Waals surface area (Å²) in [7, 11) is 0. The van der Waals surface area contributed by atoms with Gasteiger partial charge in [-0.05, 0) is 31.2 Å². The van der Waals surface area contributed by atoms with E-state index >= 15 is 0 Å². The summed E-state index contributed by atoms with van der Waals surface area (Å²) in [6.07, 6.45) is 4.68. The number of nitrogens with zero attached hydrogens (tertiary/aromatic N) is 4. The minimum atomic E-state index is -1.04. The summed E-state index contributed by atoms with van der Waals surface area (Å²) in [4.78, 5) is 54.1. The zero-order chi connectivity index (χ0) is 24.1. The van der Waals surface area contributed by atoms with Gasteiger partial charge in [0, 0.05) is 23.9 Å². The van der Waals surface area contributed by atoms with Crippen molar-refractivity contribution in [2.45, 2.75) is 19.0 Å². The second-order valence-corrected chi connectivity index (χ2v) is 8.50. The molecule has 34 heavy (non-hydrogen) atoms. The van der Waals surface area contributed by atoms with E-state index in [1.165, 1.54) is 30.3 Å². The SMILES string of the molecule is Cc1ccc(N2C(=O)[C@@H]3[C@@H](C2=O)[C@@H](C(=O)c2cccc([N+](=O)[O-])c2)N2C=CC(C#N)=C[C@H]32)cc1. The molecule has 9 heteroatoms. The van der Waals surface area contributed by atoms with Crippen molar-refractivity contribution in [3.05, 3.63) is 93.7 Å². The van der Waals surface area contributed by atoms with E-state index in [9.17, 15) is 29.8 Å². The van der Waals surface area contributed by atoms with E-state index in [1.807, 2.05) is 13.0 Å². The first kappa shape index (κ1) is 21.3. The Morgan fingerprint density at radius 2 is 1.79 bits per heavy atom. The van der Waals surface area contributed by atoms with E-state index in [-0.39, 0.29) is 11.3 Å². The fraction of sp³-hybridized carbons (Fsp3) is 0.200. The summed E-state index contributed by atoms with van der Waals surface area (Å²) in [5.74, 6) is -3.30. The summed E-state index contributed by atoms with van der Waals surface area (Å²) in [6, 6.07) is 12.6. The number of anilines is 1. The quantitative estimate of drug-likeness (QED) is 0.301. The van der Waals surface area contributed by atoms with Crippen molar-refractivity contribution in [2.24, 2.45) is 11.8 Å². The van der Waals surface area contributed by atoms with Crippen molar-refractivity contribution in [2.75, 3.05) is 4.90 Å². The molecular weight excluding hydrogens is 436 g/mol. The number of fused-ring (bicyclic) bond motifs is 3. The average Bonchev–Trinajstić information content (AvgIpc) is 3.31. The minimum absolute atomic E-state index is 0.0797. The van der Waals surface area contributed by atoms with Crippen LogP contribution in [0.4, 0.5) is 11.4 Å². The Labute approximate surface area is 194 Å². The van der Waals surface area contributed by atoms with Crippen molar-refractivity contribution in [1.82, 2.24) is 4.90 Å². The molecule has 0 aliphatic carbocycles. The van der Waals surface area contributed by atoms with Gasteiger partial charge in [-0.15, -0.1) is 0 Å². The van der Waals surface area contributed by atoms with Crippen LogP contribution in [0, 0.1) is 40.2 Å². The van der Waals surface area contributed by atoms with Crippen LogP contribution in [0.2, 0.25) is 0 Å². The number of ketones is 1. The number of hydrogen-bond donors (Lipinski definition) is 0. The summed E-state index contributed by atoms with van der Waals surface area (Å²) in [5.41, 5.74) is 1.55. The Bertz CT molecular complexity index is 1350. The van der Waals surface area contributed by atoms with Gasteiger partial charge in [-0.3, -0.25) is 24.5 Å². The van der Waals surface area contributed by atoms with Gasteiger partial charge in [0.25, 0.3) is 5.69 Å². The number of rotatable bonds is 4. The lowest BCUT2D eigenvalue weighted by Gasteiger charge is -2.32. The van der Waals surface area contributed by atoms with Crippen LogP contribution in [-0.2, 0) is 9.59 Å². The van der Waals surface area contributed by atoms with Gasteiger partial charge in [0.2, 0.25) is 11.8 Å². The molecule has 3 heterocycles. The first-order chi connectivity index (χ1) is 16.3. The molecule has 4 atom stereocenters. The Balaban J connectivity index is 1.60. The number of allylic oxidation sites excluding steroid dienone is 2. The van der Waals surface area contributed by atoms with Crippen LogP contribution in [-0.4, -0.2) is 39.5 Å². The van der Waals surface area contributed by atoms with Crippen molar-refractivity contribution in [3.63, 3.8) is 0 Å². The number of imide groups is 1. The van der Waals surface area contributed by atoms with Crippen LogP contribution in [0.15, 0.2) is 72.5 Å². The molecule has 5 rings (SSSR count). The Hall–Kier alpha value is -4.58. The number of nitro benzene ring substituents is 1. The molecule has 0 unspecified atom stereocenters. The van der Waals surface area contributed by atoms with E-state index in [2.05, 4.69) is 0 Å². The van der Waals surface area contributed by atoms with Crippen LogP contribution in [0.5, 0.6) is 0 Å². The normalized spacial score (nSPS) is 25.0. The lowest BCUT2D eigenvalue weighted by Crippen LogP contribution is -2.46. The van der Waals surface area contributed by atoms with Gasteiger partial charge >= 0.3 is 0 Å². The monoisotopic (exact) mass is 454 g/mol. The predicted octanol–water partition coefficient (Wildman–Crippen LogP) is 2.92. The fourth-order valence-corrected chi connectivity index (χ4v) is 5.01. The highest BCUT2D eigenvalue weighted by atomic mass is 16.6. The molecule has 0 spiro atoms. The van der Waals surface area contributed by atoms with Gasteiger partial charge in [0.15, 0.2) is 5.78 Å². The van der Waals surface area contributed by atoms with Crippen molar-refractivity contribution < 1.29 is 19.3 Å². The third-order valence-corrected chi connectivity index (χ3v) is 6.58. The van der Waals surface area contributed by atoms with Gasteiger partial charge in [0.1, 0.15) is 6.04 Å². The molecule has 2 saturated heterocycles. The summed E-state index contributed by atoms with van der Waals surface area (Å²) < 4.78 is 0. The molecular formula is C25H18N4O5. The number of non-ortho nitro benzene ring substituents is 1. The second-order valence-electron chi connectivity index (χ2n) is 8.50. The van der Waals surface area contributed by atoms with Gasteiger partial charge < -0.3 is 4.90 Å². The lowest BCUT2D eigenvalue weighted by atomic mass is 9.86. The Kier molecular flexibility index (Phi) is 4.87. The molecule has 9 nitrogen and oxygen atoms in total. The maximum absolute atomic E-state index is 13.6. The molecule has 2 amide bonds. The number of nitriles is 1. The van der Waals surface area contributed by atoms with E-state index in [0.29, 0.717) is 11.3 Å². The van der Waals surface area contributed by atoms with E-state index in [0.717, 1.165) is 10.5 Å².